The minimum Gasteiger partial charge on any atom is -0.394 e. The van der Waals surface area contributed by atoms with Crippen LogP contribution >= 0.6 is 0 Å². The molecule has 6 heteroatoms. The van der Waals surface area contributed by atoms with E-state index in [9.17, 15) is 10.4 Å². The molecule has 1 aliphatic heterocycles. The molecule has 1 N–H and O–H groups in total. The summed E-state index contributed by atoms with van der Waals surface area (Å²) in [5, 5.41) is 27.2. The molecule has 0 bridgehead atoms. The second-order valence-electron chi connectivity index (χ2n) is 4.76. The van der Waals surface area contributed by atoms with Gasteiger partial charge in [0, 0.05) is 13.1 Å². The smallest absolute Gasteiger partial charge is 0.169 e. The monoisotopic (exact) mass is 276 g/mol. The zero-order chi connectivity index (χ0) is 14.5. The Kier molecular flexibility index (Phi) is 4.88. The summed E-state index contributed by atoms with van der Waals surface area (Å²) in [6.07, 6.45) is 1.31. The van der Waals surface area contributed by atoms with Crippen LogP contribution in [0.1, 0.15) is 30.7 Å². The van der Waals surface area contributed by atoms with Crippen LogP contribution in [0, 0.1) is 11.3 Å². The van der Waals surface area contributed by atoms with Crippen molar-refractivity contribution in [3.05, 3.63) is 16.8 Å². The Balaban J connectivity index is 2.39. The van der Waals surface area contributed by atoms with E-state index in [1.165, 1.54) is 0 Å². The highest BCUT2D eigenvalue weighted by Gasteiger charge is 2.25. The van der Waals surface area contributed by atoms with Crippen LogP contribution in [0.25, 0.3) is 0 Å². The average molecular weight is 276 g/mol. The van der Waals surface area contributed by atoms with Crippen LogP contribution in [0.4, 0.5) is 5.82 Å². The summed E-state index contributed by atoms with van der Waals surface area (Å²) < 4.78 is 5.43. The molecule has 0 radical (unpaired) electrons. The molecule has 0 spiro atoms. The molecule has 1 unspecified atom stereocenters. The van der Waals surface area contributed by atoms with Gasteiger partial charge in [-0.2, -0.15) is 10.4 Å². The Morgan fingerprint density at radius 3 is 2.80 bits per heavy atom. The van der Waals surface area contributed by atoms with Crippen molar-refractivity contribution in [3.63, 3.8) is 0 Å². The number of rotatable bonds is 4. The minimum atomic E-state index is -0.229. The largest absolute Gasteiger partial charge is 0.394 e. The number of ether oxygens (including phenoxy) is 1. The predicted molar refractivity (Wildman–Crippen MR) is 74.5 cm³/mol. The van der Waals surface area contributed by atoms with Crippen molar-refractivity contribution in [3.8, 4) is 6.07 Å². The summed E-state index contributed by atoms with van der Waals surface area (Å²) in [7, 11) is 0. The summed E-state index contributed by atoms with van der Waals surface area (Å²) in [6.45, 7) is 5.73. The standard InChI is InChI=1S/C14H20N4O2/c1-3-11-12(7-15)14(17-16-13(11)4-2)18-5-6-20-10(8-18)9-19/h10,19H,3-6,8-9H2,1-2H3. The first-order valence-electron chi connectivity index (χ1n) is 7.01. The Hall–Kier alpha value is -1.71. The Morgan fingerprint density at radius 1 is 1.40 bits per heavy atom. The summed E-state index contributed by atoms with van der Waals surface area (Å²) in [5.41, 5.74) is 2.48. The highest BCUT2D eigenvalue weighted by atomic mass is 16.5. The quantitative estimate of drug-likeness (QED) is 0.870. The van der Waals surface area contributed by atoms with E-state index in [4.69, 9.17) is 4.74 Å². The fourth-order valence-corrected chi connectivity index (χ4v) is 2.52. The molecule has 1 aromatic rings. The van der Waals surface area contributed by atoms with Crippen molar-refractivity contribution in [2.45, 2.75) is 32.8 Å². The van der Waals surface area contributed by atoms with Crippen molar-refractivity contribution in [2.24, 2.45) is 0 Å². The second-order valence-corrected chi connectivity index (χ2v) is 4.76. The Morgan fingerprint density at radius 2 is 2.20 bits per heavy atom. The molecular weight excluding hydrogens is 256 g/mol. The first-order valence-corrected chi connectivity index (χ1v) is 7.01. The van der Waals surface area contributed by atoms with Gasteiger partial charge in [-0.15, -0.1) is 5.10 Å². The number of morpholine rings is 1. The Labute approximate surface area is 119 Å². The lowest BCUT2D eigenvalue weighted by Crippen LogP contribution is -2.45. The van der Waals surface area contributed by atoms with Gasteiger partial charge in [0.05, 0.1) is 25.0 Å². The number of aliphatic hydroxyl groups excluding tert-OH is 1. The van der Waals surface area contributed by atoms with E-state index in [1.54, 1.807) is 0 Å². The first-order chi connectivity index (χ1) is 9.74. The highest BCUT2D eigenvalue weighted by molar-refractivity contribution is 5.58. The summed E-state index contributed by atoms with van der Waals surface area (Å²) in [5.74, 6) is 0.614. The molecule has 1 saturated heterocycles. The lowest BCUT2D eigenvalue weighted by Gasteiger charge is -2.33. The van der Waals surface area contributed by atoms with Crippen LogP contribution < -0.4 is 4.90 Å². The molecule has 2 heterocycles. The maximum atomic E-state index is 9.48. The van der Waals surface area contributed by atoms with Gasteiger partial charge in [-0.25, -0.2) is 0 Å². The third kappa shape index (κ3) is 2.74. The maximum Gasteiger partial charge on any atom is 0.169 e. The van der Waals surface area contributed by atoms with Gasteiger partial charge in [0.25, 0.3) is 0 Å². The van der Waals surface area contributed by atoms with E-state index in [1.807, 2.05) is 18.7 Å². The van der Waals surface area contributed by atoms with Gasteiger partial charge >= 0.3 is 0 Å². The fraction of sp³-hybridized carbons (Fsp3) is 0.643. The van der Waals surface area contributed by atoms with Crippen molar-refractivity contribution >= 4 is 5.82 Å². The summed E-state index contributed by atoms with van der Waals surface area (Å²) >= 11 is 0. The average Bonchev–Trinajstić information content (AvgIpc) is 2.53. The van der Waals surface area contributed by atoms with E-state index in [0.717, 1.165) is 24.1 Å². The number of aliphatic hydroxyl groups is 1. The van der Waals surface area contributed by atoms with Crippen LogP contribution in [-0.4, -0.2) is 47.7 Å². The molecule has 0 aliphatic carbocycles. The number of aromatic nitrogens is 2. The van der Waals surface area contributed by atoms with Gasteiger partial charge in [0.2, 0.25) is 0 Å². The maximum absolute atomic E-state index is 9.48. The van der Waals surface area contributed by atoms with E-state index in [0.29, 0.717) is 31.1 Å². The molecule has 1 aromatic heterocycles. The number of hydrogen-bond donors (Lipinski definition) is 1. The van der Waals surface area contributed by atoms with Crippen molar-refractivity contribution in [1.82, 2.24) is 10.2 Å². The minimum absolute atomic E-state index is 0.0283. The SMILES string of the molecule is CCc1nnc(N2CCOC(CO)C2)c(C#N)c1CC. The number of nitrogens with zero attached hydrogens (tertiary/aromatic N) is 4. The van der Waals surface area contributed by atoms with Gasteiger partial charge in [-0.3, -0.25) is 0 Å². The van der Waals surface area contributed by atoms with E-state index < -0.39 is 0 Å². The summed E-state index contributed by atoms with van der Waals surface area (Å²) in [4.78, 5) is 1.98. The van der Waals surface area contributed by atoms with Gasteiger partial charge in [-0.1, -0.05) is 13.8 Å². The molecular formula is C14H20N4O2. The van der Waals surface area contributed by atoms with Gasteiger partial charge in [0.15, 0.2) is 5.82 Å². The third-order valence-corrected chi connectivity index (χ3v) is 3.58. The van der Waals surface area contributed by atoms with Crippen molar-refractivity contribution in [2.75, 3.05) is 31.2 Å². The molecule has 1 aliphatic rings. The van der Waals surface area contributed by atoms with Crippen molar-refractivity contribution in [1.29, 1.82) is 5.26 Å². The molecule has 2 rings (SSSR count). The van der Waals surface area contributed by atoms with E-state index in [-0.39, 0.29) is 12.7 Å². The number of nitriles is 1. The van der Waals surface area contributed by atoms with E-state index >= 15 is 0 Å². The zero-order valence-corrected chi connectivity index (χ0v) is 12.0. The van der Waals surface area contributed by atoms with E-state index in [2.05, 4.69) is 16.3 Å². The molecule has 1 fully saturated rings. The van der Waals surface area contributed by atoms with Gasteiger partial charge in [0.1, 0.15) is 11.6 Å². The molecule has 0 amide bonds. The molecule has 6 nitrogen and oxygen atoms in total. The third-order valence-electron chi connectivity index (χ3n) is 3.58. The normalized spacial score (nSPS) is 18.9. The lowest BCUT2D eigenvalue weighted by molar-refractivity contribution is 0.00330. The topological polar surface area (TPSA) is 82.3 Å². The highest BCUT2D eigenvalue weighted by Crippen LogP contribution is 2.24. The molecule has 108 valence electrons. The number of hydrogen-bond acceptors (Lipinski definition) is 6. The summed E-state index contributed by atoms with van der Waals surface area (Å²) in [6, 6.07) is 2.27. The van der Waals surface area contributed by atoms with Crippen LogP contribution in [0.15, 0.2) is 0 Å². The van der Waals surface area contributed by atoms with Gasteiger partial charge in [-0.05, 0) is 18.4 Å². The van der Waals surface area contributed by atoms with Crippen LogP contribution in [-0.2, 0) is 17.6 Å². The second kappa shape index (κ2) is 6.64. The molecule has 0 aromatic carbocycles. The molecule has 20 heavy (non-hydrogen) atoms. The van der Waals surface area contributed by atoms with Gasteiger partial charge < -0.3 is 14.7 Å². The van der Waals surface area contributed by atoms with Crippen LogP contribution in [0.2, 0.25) is 0 Å². The zero-order valence-electron chi connectivity index (χ0n) is 12.0. The van der Waals surface area contributed by atoms with Crippen LogP contribution in [0.5, 0.6) is 0 Å². The van der Waals surface area contributed by atoms with Crippen molar-refractivity contribution < 1.29 is 9.84 Å². The lowest BCUT2D eigenvalue weighted by atomic mass is 10.0. The fourth-order valence-electron chi connectivity index (χ4n) is 2.52. The predicted octanol–water partition coefficient (Wildman–Crippen LogP) is 0.671. The van der Waals surface area contributed by atoms with Crippen LogP contribution in [0.3, 0.4) is 0 Å². The number of aryl methyl sites for hydroxylation is 1. The Bertz CT molecular complexity index is 513. The first kappa shape index (κ1) is 14.7. The molecule has 1 atom stereocenters. The molecule has 0 saturated carbocycles. The number of anilines is 1.